The van der Waals surface area contributed by atoms with Gasteiger partial charge in [0.2, 0.25) is 0 Å². The van der Waals surface area contributed by atoms with Gasteiger partial charge in [-0.15, -0.1) is 0 Å². The molecule has 2 rings (SSSR count). The van der Waals surface area contributed by atoms with Gasteiger partial charge in [0.1, 0.15) is 11.3 Å². The summed E-state index contributed by atoms with van der Waals surface area (Å²) in [6.45, 7) is 2.15. The van der Waals surface area contributed by atoms with Crippen molar-refractivity contribution in [3.63, 3.8) is 0 Å². The Bertz CT molecular complexity index is 340. The molecule has 0 N–H and O–H groups in total. The van der Waals surface area contributed by atoms with Gasteiger partial charge >= 0.3 is 0 Å². The first-order valence-corrected chi connectivity index (χ1v) is 4.29. The molecular weight excluding hydrogens is 148 g/mol. The first kappa shape index (κ1) is 7.41. The standard InChI is InChI=1S/C11H11O/c1-2-5-10-8-9-6-3-4-7-11(9)12-10/h3-4,7-8H,2,5H2,1H3. The number of fused-ring (bicyclic) bond motifs is 1. The first-order chi connectivity index (χ1) is 5.90. The maximum absolute atomic E-state index is 5.58. The zero-order chi connectivity index (χ0) is 8.39. The van der Waals surface area contributed by atoms with Gasteiger partial charge in [0, 0.05) is 11.8 Å². The van der Waals surface area contributed by atoms with Crippen molar-refractivity contribution in [2.75, 3.05) is 0 Å². The molecule has 1 heteroatoms. The quantitative estimate of drug-likeness (QED) is 0.655. The monoisotopic (exact) mass is 159 g/mol. The minimum Gasteiger partial charge on any atom is -0.461 e. The lowest BCUT2D eigenvalue weighted by atomic mass is 10.2. The lowest BCUT2D eigenvalue weighted by molar-refractivity contribution is 0.544. The van der Waals surface area contributed by atoms with Gasteiger partial charge in [-0.3, -0.25) is 0 Å². The van der Waals surface area contributed by atoms with Crippen molar-refractivity contribution in [2.24, 2.45) is 0 Å². The highest BCUT2D eigenvalue weighted by atomic mass is 16.3. The molecule has 0 unspecified atom stereocenters. The molecule has 61 valence electrons. The summed E-state index contributed by atoms with van der Waals surface area (Å²) in [6, 6.07) is 11.0. The Morgan fingerprint density at radius 1 is 1.50 bits per heavy atom. The van der Waals surface area contributed by atoms with Gasteiger partial charge in [0.05, 0.1) is 0 Å². The van der Waals surface area contributed by atoms with Crippen molar-refractivity contribution >= 4 is 11.0 Å². The number of hydrogen-bond acceptors (Lipinski definition) is 1. The Labute approximate surface area is 72.0 Å². The second-order valence-electron chi connectivity index (χ2n) is 2.91. The highest BCUT2D eigenvalue weighted by molar-refractivity contribution is 5.76. The summed E-state index contributed by atoms with van der Waals surface area (Å²) in [5.41, 5.74) is 0.945. The summed E-state index contributed by atoms with van der Waals surface area (Å²) in [5.74, 6) is 1.06. The third-order valence-corrected chi connectivity index (χ3v) is 1.89. The van der Waals surface area contributed by atoms with Crippen molar-refractivity contribution < 1.29 is 4.42 Å². The summed E-state index contributed by atoms with van der Waals surface area (Å²) in [6.07, 6.45) is 2.14. The summed E-state index contributed by atoms with van der Waals surface area (Å²) in [5, 5.41) is 1.08. The van der Waals surface area contributed by atoms with Gasteiger partial charge in [0.25, 0.3) is 0 Å². The maximum Gasteiger partial charge on any atom is 0.134 e. The smallest absolute Gasteiger partial charge is 0.134 e. The largest absolute Gasteiger partial charge is 0.461 e. The number of rotatable bonds is 2. The molecule has 2 aromatic rings. The van der Waals surface area contributed by atoms with E-state index in [2.05, 4.69) is 19.1 Å². The second-order valence-corrected chi connectivity index (χ2v) is 2.91. The van der Waals surface area contributed by atoms with Crippen LogP contribution in [0.4, 0.5) is 0 Å². The molecule has 0 saturated heterocycles. The average Bonchev–Trinajstić information content (AvgIpc) is 2.47. The van der Waals surface area contributed by atoms with Gasteiger partial charge in [-0.2, -0.15) is 0 Å². The third-order valence-electron chi connectivity index (χ3n) is 1.89. The van der Waals surface area contributed by atoms with E-state index in [-0.39, 0.29) is 0 Å². The summed E-state index contributed by atoms with van der Waals surface area (Å²) >= 11 is 0. The Kier molecular flexibility index (Phi) is 1.86. The van der Waals surface area contributed by atoms with Crippen LogP contribution < -0.4 is 0 Å². The first-order valence-electron chi connectivity index (χ1n) is 4.29. The molecule has 12 heavy (non-hydrogen) atoms. The van der Waals surface area contributed by atoms with Crippen LogP contribution in [-0.2, 0) is 6.42 Å². The maximum atomic E-state index is 5.58. The molecular formula is C11H11O. The fourth-order valence-corrected chi connectivity index (χ4v) is 1.34. The van der Waals surface area contributed by atoms with Crippen LogP contribution in [0.25, 0.3) is 11.0 Å². The van der Waals surface area contributed by atoms with Gasteiger partial charge in [-0.05, 0) is 24.6 Å². The van der Waals surface area contributed by atoms with E-state index in [4.69, 9.17) is 4.42 Å². The van der Waals surface area contributed by atoms with E-state index in [1.165, 1.54) is 0 Å². The van der Waals surface area contributed by atoms with E-state index in [1.54, 1.807) is 0 Å². The minimum atomic E-state index is 0.945. The van der Waals surface area contributed by atoms with E-state index >= 15 is 0 Å². The van der Waals surface area contributed by atoms with Crippen LogP contribution in [0.15, 0.2) is 28.7 Å². The second kappa shape index (κ2) is 3.02. The van der Waals surface area contributed by atoms with Crippen molar-refractivity contribution in [1.29, 1.82) is 0 Å². The molecule has 1 aromatic carbocycles. The molecule has 0 atom stereocenters. The molecule has 0 aliphatic rings. The zero-order valence-corrected chi connectivity index (χ0v) is 7.13. The van der Waals surface area contributed by atoms with Crippen molar-refractivity contribution in [3.05, 3.63) is 36.1 Å². The summed E-state index contributed by atoms with van der Waals surface area (Å²) < 4.78 is 5.58. The highest BCUT2D eigenvalue weighted by Crippen LogP contribution is 2.18. The van der Waals surface area contributed by atoms with E-state index in [0.717, 1.165) is 29.6 Å². The molecule has 0 saturated carbocycles. The van der Waals surface area contributed by atoms with Gasteiger partial charge in [0.15, 0.2) is 0 Å². The molecule has 1 nitrogen and oxygen atoms in total. The average molecular weight is 159 g/mol. The van der Waals surface area contributed by atoms with Gasteiger partial charge in [-0.1, -0.05) is 19.1 Å². The molecule has 0 aliphatic carbocycles. The predicted molar refractivity (Wildman–Crippen MR) is 49.0 cm³/mol. The normalized spacial score (nSPS) is 10.8. The van der Waals surface area contributed by atoms with Crippen LogP contribution in [-0.4, -0.2) is 0 Å². The molecule has 0 amide bonds. The highest BCUT2D eigenvalue weighted by Gasteiger charge is 2.00. The van der Waals surface area contributed by atoms with Crippen LogP contribution in [0.3, 0.4) is 0 Å². The van der Waals surface area contributed by atoms with Gasteiger partial charge in [-0.25, -0.2) is 0 Å². The summed E-state index contributed by atoms with van der Waals surface area (Å²) in [4.78, 5) is 0. The molecule has 1 heterocycles. The Morgan fingerprint density at radius 3 is 3.17 bits per heavy atom. The minimum absolute atomic E-state index is 0.945. The molecule has 0 spiro atoms. The Balaban J connectivity index is 2.47. The number of aryl methyl sites for hydroxylation is 1. The zero-order valence-electron chi connectivity index (χ0n) is 7.13. The predicted octanol–water partition coefficient (Wildman–Crippen LogP) is 3.19. The van der Waals surface area contributed by atoms with Gasteiger partial charge < -0.3 is 4.42 Å². The number of hydrogen-bond donors (Lipinski definition) is 0. The van der Waals surface area contributed by atoms with Crippen molar-refractivity contribution in [2.45, 2.75) is 19.8 Å². The summed E-state index contributed by atoms with van der Waals surface area (Å²) in [7, 11) is 0. The lowest BCUT2D eigenvalue weighted by Crippen LogP contribution is -1.74. The van der Waals surface area contributed by atoms with Crippen LogP contribution in [0.1, 0.15) is 19.1 Å². The van der Waals surface area contributed by atoms with Crippen LogP contribution in [0.2, 0.25) is 0 Å². The molecule has 0 aliphatic heterocycles. The van der Waals surface area contributed by atoms with E-state index < -0.39 is 0 Å². The van der Waals surface area contributed by atoms with Crippen LogP contribution in [0.5, 0.6) is 0 Å². The molecule has 1 radical (unpaired) electrons. The van der Waals surface area contributed by atoms with E-state index in [1.807, 2.05) is 18.2 Å². The number of benzene rings is 1. The molecule has 1 aromatic heterocycles. The topological polar surface area (TPSA) is 13.1 Å². The van der Waals surface area contributed by atoms with Crippen molar-refractivity contribution in [1.82, 2.24) is 0 Å². The Morgan fingerprint density at radius 2 is 2.42 bits per heavy atom. The third kappa shape index (κ3) is 1.22. The molecule has 0 bridgehead atoms. The Hall–Kier alpha value is -1.24. The van der Waals surface area contributed by atoms with E-state index in [9.17, 15) is 0 Å². The fraction of sp³-hybridized carbons (Fsp3) is 0.273. The van der Waals surface area contributed by atoms with Crippen molar-refractivity contribution in [3.8, 4) is 0 Å². The SMILES string of the molecule is CCCc1cc2[c]cccc2o1. The number of furan rings is 1. The lowest BCUT2D eigenvalue weighted by Gasteiger charge is -1.87. The van der Waals surface area contributed by atoms with Crippen LogP contribution >= 0.6 is 0 Å². The molecule has 0 fully saturated rings. The van der Waals surface area contributed by atoms with E-state index in [0.29, 0.717) is 0 Å². The van der Waals surface area contributed by atoms with Crippen LogP contribution in [0, 0.1) is 6.07 Å². The fourth-order valence-electron chi connectivity index (χ4n) is 1.34.